The second kappa shape index (κ2) is 9.96. The average Bonchev–Trinajstić information content (AvgIpc) is 2.17. The Morgan fingerprint density at radius 3 is 2.31 bits per heavy atom. The Balaban J connectivity index is 3.28. The Labute approximate surface area is 83.8 Å². The van der Waals surface area contributed by atoms with E-state index in [0.717, 1.165) is 6.42 Å². The van der Waals surface area contributed by atoms with Crippen molar-refractivity contribution in [1.29, 1.82) is 0 Å². The van der Waals surface area contributed by atoms with Crippen LogP contribution >= 0.6 is 0 Å². The number of allylic oxidation sites excluding steroid dienone is 1. The molecule has 0 amide bonds. The molecule has 0 aliphatic heterocycles. The van der Waals surface area contributed by atoms with Crippen LogP contribution in [0, 0.1) is 0 Å². The Hall–Kier alpha value is -0.123. The van der Waals surface area contributed by atoms with Crippen LogP contribution in [0.1, 0.15) is 39.0 Å². The van der Waals surface area contributed by atoms with Crippen LogP contribution in [0.5, 0.6) is 0 Å². The third-order valence-corrected chi connectivity index (χ3v) is 3.50. The molecule has 0 aliphatic carbocycles. The van der Waals surface area contributed by atoms with Crippen LogP contribution in [0.25, 0.3) is 0 Å². The van der Waals surface area contributed by atoms with Crippen LogP contribution in [0.4, 0.5) is 0 Å². The smallest absolute Gasteiger partial charge is 0.347 e. The van der Waals surface area contributed by atoms with Crippen molar-refractivity contribution in [2.24, 2.45) is 0 Å². The second-order valence-electron chi connectivity index (χ2n) is 3.12. The molecule has 0 aromatic rings. The van der Waals surface area contributed by atoms with Crippen molar-refractivity contribution in [3.63, 3.8) is 0 Å². The lowest BCUT2D eigenvalue weighted by molar-refractivity contribution is 0.290. The van der Waals surface area contributed by atoms with Crippen molar-refractivity contribution in [3.05, 3.63) is 11.8 Å². The van der Waals surface area contributed by atoms with Crippen molar-refractivity contribution >= 4 is 9.28 Å². The monoisotopic (exact) mass is 202 g/mol. The molecular weight excluding hydrogens is 180 g/mol. The maximum Gasteiger partial charge on any atom is 0.347 e. The zero-order valence-electron chi connectivity index (χ0n) is 9.08. The summed E-state index contributed by atoms with van der Waals surface area (Å²) in [5, 5.41) is 0. The molecule has 0 aromatic heterocycles. The second-order valence-corrected chi connectivity index (χ2v) is 5.18. The normalized spacial score (nSPS) is 11.7. The minimum atomic E-state index is -1.43. The van der Waals surface area contributed by atoms with E-state index in [1.807, 2.05) is 0 Å². The van der Waals surface area contributed by atoms with E-state index in [-0.39, 0.29) is 0 Å². The molecule has 0 aliphatic rings. The fraction of sp³-hybridized carbons (Fsp3) is 0.800. The topological polar surface area (TPSA) is 18.5 Å². The maximum absolute atomic E-state index is 5.16. The van der Waals surface area contributed by atoms with Gasteiger partial charge in [-0.05, 0) is 18.5 Å². The van der Waals surface area contributed by atoms with Crippen molar-refractivity contribution in [1.82, 2.24) is 0 Å². The van der Waals surface area contributed by atoms with Gasteiger partial charge in [-0.25, -0.2) is 0 Å². The predicted octanol–water partition coefficient (Wildman–Crippen LogP) is 2.57. The molecule has 78 valence electrons. The van der Waals surface area contributed by atoms with Crippen LogP contribution in [0.15, 0.2) is 11.8 Å². The predicted molar refractivity (Wildman–Crippen MR) is 59.1 cm³/mol. The van der Waals surface area contributed by atoms with Crippen LogP contribution < -0.4 is 0 Å². The first-order valence-electron chi connectivity index (χ1n) is 5.07. The summed E-state index contributed by atoms with van der Waals surface area (Å²) in [6.07, 6.45) is 8.64. The van der Waals surface area contributed by atoms with Crippen LogP contribution in [0.3, 0.4) is 0 Å². The van der Waals surface area contributed by atoms with Crippen LogP contribution in [-0.2, 0) is 8.85 Å². The summed E-state index contributed by atoms with van der Waals surface area (Å²) >= 11 is 0. The van der Waals surface area contributed by atoms with Crippen LogP contribution in [-0.4, -0.2) is 23.5 Å². The van der Waals surface area contributed by atoms with Gasteiger partial charge in [-0.2, -0.15) is 0 Å². The summed E-state index contributed by atoms with van der Waals surface area (Å²) in [6.45, 7) is 2.23. The third-order valence-electron chi connectivity index (χ3n) is 1.98. The Bertz CT molecular complexity index is 122. The summed E-state index contributed by atoms with van der Waals surface area (Å²) in [5.41, 5.74) is 2.10. The molecule has 0 atom stereocenters. The van der Waals surface area contributed by atoms with Crippen molar-refractivity contribution in [2.45, 2.75) is 39.0 Å². The maximum atomic E-state index is 5.16. The Morgan fingerprint density at radius 2 is 1.77 bits per heavy atom. The summed E-state index contributed by atoms with van der Waals surface area (Å²) < 4.78 is 10.3. The summed E-state index contributed by atoms with van der Waals surface area (Å²) in [6, 6.07) is 0. The van der Waals surface area contributed by atoms with Gasteiger partial charge >= 0.3 is 9.28 Å². The minimum absolute atomic E-state index is 1.16. The van der Waals surface area contributed by atoms with Gasteiger partial charge in [0.2, 0.25) is 0 Å². The van der Waals surface area contributed by atoms with Crippen molar-refractivity contribution < 1.29 is 8.85 Å². The molecule has 0 unspecified atom stereocenters. The molecule has 0 aromatic carbocycles. The molecule has 13 heavy (non-hydrogen) atoms. The molecule has 0 N–H and O–H groups in total. The Kier molecular flexibility index (Phi) is 9.87. The Morgan fingerprint density at radius 1 is 1.08 bits per heavy atom. The average molecular weight is 202 g/mol. The van der Waals surface area contributed by atoms with Crippen LogP contribution in [0.2, 0.25) is 0 Å². The van der Waals surface area contributed by atoms with Gasteiger partial charge in [-0.1, -0.05) is 32.3 Å². The summed E-state index contributed by atoms with van der Waals surface area (Å²) in [5.74, 6) is 0. The first-order valence-corrected chi connectivity index (χ1v) is 6.68. The van der Waals surface area contributed by atoms with E-state index >= 15 is 0 Å². The van der Waals surface area contributed by atoms with E-state index in [9.17, 15) is 0 Å². The first kappa shape index (κ1) is 12.9. The van der Waals surface area contributed by atoms with E-state index in [4.69, 9.17) is 8.85 Å². The van der Waals surface area contributed by atoms with E-state index in [1.54, 1.807) is 14.2 Å². The molecule has 3 heteroatoms. The van der Waals surface area contributed by atoms with Gasteiger partial charge in [0.05, 0.1) is 0 Å². The molecular formula is C10H22O2Si. The molecule has 0 bridgehead atoms. The highest BCUT2D eigenvalue weighted by Gasteiger charge is 2.01. The number of rotatable bonds is 8. The highest BCUT2D eigenvalue weighted by Crippen LogP contribution is 2.03. The van der Waals surface area contributed by atoms with Gasteiger partial charge in [-0.3, -0.25) is 0 Å². The van der Waals surface area contributed by atoms with Gasteiger partial charge in [0.25, 0.3) is 0 Å². The SMILES string of the molecule is CCCCCCC=C[SiH](OC)OC. The molecule has 0 rings (SSSR count). The van der Waals surface area contributed by atoms with E-state index < -0.39 is 9.28 Å². The lowest BCUT2D eigenvalue weighted by Gasteiger charge is -2.04. The van der Waals surface area contributed by atoms with E-state index in [1.165, 1.54) is 25.7 Å². The highest BCUT2D eigenvalue weighted by molar-refractivity contribution is 6.50. The quantitative estimate of drug-likeness (QED) is 0.445. The zero-order chi connectivity index (χ0) is 9.94. The molecule has 0 spiro atoms. The van der Waals surface area contributed by atoms with Gasteiger partial charge in [-0.15, -0.1) is 0 Å². The van der Waals surface area contributed by atoms with Crippen molar-refractivity contribution in [3.8, 4) is 0 Å². The lowest BCUT2D eigenvalue weighted by Crippen LogP contribution is -2.15. The van der Waals surface area contributed by atoms with Gasteiger partial charge < -0.3 is 8.85 Å². The van der Waals surface area contributed by atoms with Gasteiger partial charge in [0.1, 0.15) is 0 Å². The summed E-state index contributed by atoms with van der Waals surface area (Å²) in [7, 11) is 1.99. The molecule has 0 radical (unpaired) electrons. The first-order chi connectivity index (χ1) is 6.35. The third kappa shape index (κ3) is 8.21. The number of unbranched alkanes of at least 4 members (excludes halogenated alkanes) is 4. The fourth-order valence-corrected chi connectivity index (χ4v) is 2.07. The lowest BCUT2D eigenvalue weighted by atomic mass is 10.2. The number of hydrogen-bond donors (Lipinski definition) is 0. The van der Waals surface area contributed by atoms with Gasteiger partial charge in [0.15, 0.2) is 0 Å². The molecule has 0 saturated carbocycles. The fourth-order valence-electron chi connectivity index (χ4n) is 1.15. The molecule has 0 fully saturated rings. The standard InChI is InChI=1S/C10H22O2Si/c1-4-5-6-7-8-9-10-13(11-2)12-3/h9-10,13H,4-8H2,1-3H3. The van der Waals surface area contributed by atoms with E-state index in [0.29, 0.717) is 0 Å². The largest absolute Gasteiger partial charge is 0.397 e. The minimum Gasteiger partial charge on any atom is -0.397 e. The molecule has 0 saturated heterocycles. The number of hydrogen-bond acceptors (Lipinski definition) is 2. The van der Waals surface area contributed by atoms with E-state index in [2.05, 4.69) is 18.7 Å². The zero-order valence-corrected chi connectivity index (χ0v) is 10.2. The summed E-state index contributed by atoms with van der Waals surface area (Å²) in [4.78, 5) is 0. The molecule has 0 heterocycles. The highest BCUT2D eigenvalue weighted by atomic mass is 28.3. The van der Waals surface area contributed by atoms with Crippen molar-refractivity contribution in [2.75, 3.05) is 14.2 Å². The molecule has 2 nitrogen and oxygen atoms in total. The van der Waals surface area contributed by atoms with Gasteiger partial charge in [0, 0.05) is 14.2 Å².